The summed E-state index contributed by atoms with van der Waals surface area (Å²) in [5.74, 6) is 0.0164. The standard InChI is InChI=1S/C19H24N2O/c1-3-21(4-2)15-17-10-12-18(13-11-17)20-19(22)14-16-8-6-5-7-9-16/h5-13H,3-4,14-15H2,1-2H3,(H,20,22). The fourth-order valence-electron chi connectivity index (χ4n) is 2.39. The van der Waals surface area contributed by atoms with Crippen molar-refractivity contribution in [1.29, 1.82) is 0 Å². The van der Waals surface area contributed by atoms with E-state index in [0.29, 0.717) is 6.42 Å². The molecule has 1 amide bonds. The van der Waals surface area contributed by atoms with Gasteiger partial charge < -0.3 is 5.32 Å². The van der Waals surface area contributed by atoms with Crippen LogP contribution in [0.3, 0.4) is 0 Å². The Hall–Kier alpha value is -2.13. The number of nitrogens with one attached hydrogen (secondary N) is 1. The Morgan fingerprint density at radius 1 is 0.909 bits per heavy atom. The summed E-state index contributed by atoms with van der Waals surface area (Å²) in [6.45, 7) is 7.38. The monoisotopic (exact) mass is 296 g/mol. The zero-order valence-electron chi connectivity index (χ0n) is 13.4. The number of carbonyl (C=O) groups is 1. The zero-order chi connectivity index (χ0) is 15.8. The number of carbonyl (C=O) groups excluding carboxylic acids is 1. The molecule has 0 radical (unpaired) electrons. The normalized spacial score (nSPS) is 10.7. The lowest BCUT2D eigenvalue weighted by Gasteiger charge is -2.18. The first-order valence-electron chi connectivity index (χ1n) is 7.86. The van der Waals surface area contributed by atoms with E-state index in [4.69, 9.17) is 0 Å². The summed E-state index contributed by atoms with van der Waals surface area (Å²) in [6, 6.07) is 17.9. The summed E-state index contributed by atoms with van der Waals surface area (Å²) in [5, 5.41) is 2.95. The lowest BCUT2D eigenvalue weighted by Crippen LogP contribution is -2.22. The van der Waals surface area contributed by atoms with Crippen molar-refractivity contribution in [2.75, 3.05) is 18.4 Å². The van der Waals surface area contributed by atoms with Crippen LogP contribution >= 0.6 is 0 Å². The third-order valence-electron chi connectivity index (χ3n) is 3.75. The third kappa shape index (κ3) is 5.01. The number of hydrogen-bond donors (Lipinski definition) is 1. The number of nitrogens with zero attached hydrogens (tertiary/aromatic N) is 1. The van der Waals surface area contributed by atoms with Gasteiger partial charge in [-0.05, 0) is 36.3 Å². The average Bonchev–Trinajstić information content (AvgIpc) is 2.55. The molecule has 0 aromatic heterocycles. The molecule has 2 aromatic carbocycles. The Bertz CT molecular complexity index is 574. The summed E-state index contributed by atoms with van der Waals surface area (Å²) in [7, 11) is 0. The van der Waals surface area contributed by atoms with Gasteiger partial charge >= 0.3 is 0 Å². The smallest absolute Gasteiger partial charge is 0.228 e. The second kappa shape index (κ2) is 8.35. The van der Waals surface area contributed by atoms with Gasteiger partial charge in [0.05, 0.1) is 6.42 Å². The molecular weight excluding hydrogens is 272 g/mol. The highest BCUT2D eigenvalue weighted by molar-refractivity contribution is 5.92. The van der Waals surface area contributed by atoms with E-state index in [2.05, 4.69) is 36.2 Å². The molecular formula is C19H24N2O. The predicted octanol–water partition coefficient (Wildman–Crippen LogP) is 3.71. The van der Waals surface area contributed by atoms with Crippen molar-refractivity contribution >= 4 is 11.6 Å². The van der Waals surface area contributed by atoms with Gasteiger partial charge in [-0.2, -0.15) is 0 Å². The molecule has 0 heterocycles. The Morgan fingerprint density at radius 2 is 1.55 bits per heavy atom. The van der Waals surface area contributed by atoms with Gasteiger partial charge in [0, 0.05) is 12.2 Å². The SMILES string of the molecule is CCN(CC)Cc1ccc(NC(=O)Cc2ccccc2)cc1. The minimum Gasteiger partial charge on any atom is -0.326 e. The number of rotatable bonds is 7. The van der Waals surface area contributed by atoms with Crippen LogP contribution < -0.4 is 5.32 Å². The molecule has 3 heteroatoms. The van der Waals surface area contributed by atoms with E-state index in [-0.39, 0.29) is 5.91 Å². The third-order valence-corrected chi connectivity index (χ3v) is 3.75. The molecule has 3 nitrogen and oxygen atoms in total. The van der Waals surface area contributed by atoms with E-state index in [1.165, 1.54) is 5.56 Å². The van der Waals surface area contributed by atoms with Crippen molar-refractivity contribution in [2.24, 2.45) is 0 Å². The van der Waals surface area contributed by atoms with Crippen molar-refractivity contribution in [3.63, 3.8) is 0 Å². The molecule has 0 fully saturated rings. The van der Waals surface area contributed by atoms with Crippen LogP contribution in [0.25, 0.3) is 0 Å². The summed E-state index contributed by atoms with van der Waals surface area (Å²) >= 11 is 0. The molecule has 2 rings (SSSR count). The highest BCUT2D eigenvalue weighted by atomic mass is 16.1. The molecule has 0 aliphatic heterocycles. The molecule has 0 unspecified atom stereocenters. The van der Waals surface area contributed by atoms with Gasteiger partial charge in [0.25, 0.3) is 0 Å². The first-order chi connectivity index (χ1) is 10.7. The molecule has 0 saturated carbocycles. The number of hydrogen-bond acceptors (Lipinski definition) is 2. The van der Waals surface area contributed by atoms with E-state index in [1.807, 2.05) is 42.5 Å². The minimum atomic E-state index is 0.0164. The van der Waals surface area contributed by atoms with Crippen LogP contribution in [0.5, 0.6) is 0 Å². The minimum absolute atomic E-state index is 0.0164. The molecule has 0 bridgehead atoms. The molecule has 2 aromatic rings. The molecule has 116 valence electrons. The second-order valence-electron chi connectivity index (χ2n) is 5.37. The Balaban J connectivity index is 1.89. The lowest BCUT2D eigenvalue weighted by molar-refractivity contribution is -0.115. The molecule has 0 aliphatic rings. The molecule has 0 saturated heterocycles. The van der Waals surface area contributed by atoms with Gasteiger partial charge in [-0.3, -0.25) is 9.69 Å². The fraction of sp³-hybridized carbons (Fsp3) is 0.316. The highest BCUT2D eigenvalue weighted by Gasteiger charge is 2.05. The lowest BCUT2D eigenvalue weighted by atomic mass is 10.1. The molecule has 22 heavy (non-hydrogen) atoms. The van der Waals surface area contributed by atoms with Crippen LogP contribution in [-0.4, -0.2) is 23.9 Å². The van der Waals surface area contributed by atoms with E-state index < -0.39 is 0 Å². The maximum Gasteiger partial charge on any atom is 0.228 e. The Morgan fingerprint density at radius 3 is 2.14 bits per heavy atom. The van der Waals surface area contributed by atoms with Gasteiger partial charge in [-0.1, -0.05) is 56.3 Å². The van der Waals surface area contributed by atoms with Crippen molar-refractivity contribution in [1.82, 2.24) is 4.90 Å². The number of benzene rings is 2. The topological polar surface area (TPSA) is 32.3 Å². The van der Waals surface area contributed by atoms with E-state index >= 15 is 0 Å². The van der Waals surface area contributed by atoms with Crippen molar-refractivity contribution in [2.45, 2.75) is 26.8 Å². The van der Waals surface area contributed by atoms with Gasteiger partial charge in [0.2, 0.25) is 5.91 Å². The van der Waals surface area contributed by atoms with Gasteiger partial charge in [-0.25, -0.2) is 0 Å². The molecule has 0 aliphatic carbocycles. The number of anilines is 1. The largest absolute Gasteiger partial charge is 0.326 e. The van der Waals surface area contributed by atoms with Crippen LogP contribution in [0.15, 0.2) is 54.6 Å². The van der Waals surface area contributed by atoms with E-state index in [9.17, 15) is 4.79 Å². The Labute approximate surface area is 133 Å². The zero-order valence-corrected chi connectivity index (χ0v) is 13.4. The van der Waals surface area contributed by atoms with Crippen LogP contribution in [0, 0.1) is 0 Å². The van der Waals surface area contributed by atoms with Crippen LogP contribution in [0.1, 0.15) is 25.0 Å². The van der Waals surface area contributed by atoms with Crippen molar-refractivity contribution < 1.29 is 4.79 Å². The Kier molecular flexibility index (Phi) is 6.16. The van der Waals surface area contributed by atoms with E-state index in [0.717, 1.165) is 30.9 Å². The summed E-state index contributed by atoms with van der Waals surface area (Å²) < 4.78 is 0. The average molecular weight is 296 g/mol. The predicted molar refractivity (Wildman–Crippen MR) is 91.8 cm³/mol. The van der Waals surface area contributed by atoms with Crippen LogP contribution in [0.4, 0.5) is 5.69 Å². The van der Waals surface area contributed by atoms with Gasteiger partial charge in [-0.15, -0.1) is 0 Å². The summed E-state index contributed by atoms with van der Waals surface area (Å²) in [6.07, 6.45) is 0.405. The first kappa shape index (κ1) is 16.2. The highest BCUT2D eigenvalue weighted by Crippen LogP contribution is 2.12. The van der Waals surface area contributed by atoms with Gasteiger partial charge in [0.15, 0.2) is 0 Å². The summed E-state index contributed by atoms with van der Waals surface area (Å²) in [5.41, 5.74) is 3.15. The van der Waals surface area contributed by atoms with Gasteiger partial charge in [0.1, 0.15) is 0 Å². The first-order valence-corrected chi connectivity index (χ1v) is 7.86. The maximum absolute atomic E-state index is 12.0. The fourth-order valence-corrected chi connectivity index (χ4v) is 2.39. The maximum atomic E-state index is 12.0. The summed E-state index contributed by atoms with van der Waals surface area (Å²) in [4.78, 5) is 14.4. The number of amides is 1. The molecule has 0 spiro atoms. The molecule has 1 N–H and O–H groups in total. The van der Waals surface area contributed by atoms with Crippen molar-refractivity contribution in [3.05, 3.63) is 65.7 Å². The van der Waals surface area contributed by atoms with E-state index in [1.54, 1.807) is 0 Å². The second-order valence-corrected chi connectivity index (χ2v) is 5.37. The van der Waals surface area contributed by atoms with Crippen LogP contribution in [-0.2, 0) is 17.8 Å². The van der Waals surface area contributed by atoms with Crippen molar-refractivity contribution in [3.8, 4) is 0 Å². The quantitative estimate of drug-likeness (QED) is 0.844. The van der Waals surface area contributed by atoms with Crippen LogP contribution in [0.2, 0.25) is 0 Å². The molecule has 0 atom stereocenters.